The van der Waals surface area contributed by atoms with Crippen molar-refractivity contribution in [2.45, 2.75) is 39.7 Å². The maximum absolute atomic E-state index is 8.49. The molecule has 10 heavy (non-hydrogen) atoms. The number of hydrogen-bond acceptors (Lipinski definition) is 2. The van der Waals surface area contributed by atoms with E-state index in [1.54, 1.807) is 0 Å². The summed E-state index contributed by atoms with van der Waals surface area (Å²) in [5.74, 6) is 0. The van der Waals surface area contributed by atoms with Crippen LogP contribution in [-0.2, 0) is 0 Å². The molecule has 0 unspecified atom stereocenters. The number of aliphatic hydroxyl groups is 1. The number of aliphatic hydroxyl groups excluding tert-OH is 1. The lowest BCUT2D eigenvalue weighted by atomic mass is 10.2. The molecule has 0 aromatic carbocycles. The lowest BCUT2D eigenvalue weighted by molar-refractivity contribution is 0.291. The number of rotatable bonds is 4. The Bertz CT molecular complexity index is 108. The van der Waals surface area contributed by atoms with Gasteiger partial charge in [0.15, 0.2) is 0 Å². The summed E-state index contributed by atoms with van der Waals surface area (Å²) in [5.41, 5.74) is 1.14. The van der Waals surface area contributed by atoms with Crippen LogP contribution >= 0.6 is 0 Å². The van der Waals surface area contributed by atoms with Crippen molar-refractivity contribution < 1.29 is 5.11 Å². The van der Waals surface area contributed by atoms with Crippen LogP contribution < -0.4 is 0 Å². The quantitative estimate of drug-likeness (QED) is 0.596. The molecule has 0 radical (unpaired) electrons. The highest BCUT2D eigenvalue weighted by Crippen LogP contribution is 1.95. The van der Waals surface area contributed by atoms with Gasteiger partial charge in [0, 0.05) is 18.4 Å². The van der Waals surface area contributed by atoms with Crippen LogP contribution in [0.5, 0.6) is 0 Å². The first kappa shape index (κ1) is 9.63. The lowest BCUT2D eigenvalue weighted by Gasteiger charge is -2.00. The topological polar surface area (TPSA) is 32.6 Å². The molecule has 0 saturated heterocycles. The maximum atomic E-state index is 8.49. The monoisotopic (exact) mass is 143 g/mol. The zero-order valence-electron chi connectivity index (χ0n) is 7.09. The SMILES string of the molecule is CC(CCCO)=NC(C)C. The van der Waals surface area contributed by atoms with Crippen molar-refractivity contribution in [2.24, 2.45) is 4.99 Å². The van der Waals surface area contributed by atoms with Gasteiger partial charge in [-0.25, -0.2) is 0 Å². The van der Waals surface area contributed by atoms with Crippen LogP contribution in [0.25, 0.3) is 0 Å². The molecule has 2 heteroatoms. The van der Waals surface area contributed by atoms with Crippen molar-refractivity contribution in [3.8, 4) is 0 Å². The Morgan fingerprint density at radius 1 is 1.50 bits per heavy atom. The molecule has 0 fully saturated rings. The van der Waals surface area contributed by atoms with Gasteiger partial charge in [-0.2, -0.15) is 0 Å². The summed E-state index contributed by atoms with van der Waals surface area (Å²) in [4.78, 5) is 4.32. The predicted octanol–water partition coefficient (Wildman–Crippen LogP) is 1.63. The van der Waals surface area contributed by atoms with Gasteiger partial charge in [-0.3, -0.25) is 4.99 Å². The number of aliphatic imine (C=N–C) groups is 1. The molecule has 0 saturated carbocycles. The minimum Gasteiger partial charge on any atom is -0.396 e. The molecule has 0 atom stereocenters. The summed E-state index contributed by atoms with van der Waals surface area (Å²) < 4.78 is 0. The van der Waals surface area contributed by atoms with Crippen molar-refractivity contribution in [3.05, 3.63) is 0 Å². The number of nitrogens with zero attached hydrogens (tertiary/aromatic N) is 1. The maximum Gasteiger partial charge on any atom is 0.0442 e. The third kappa shape index (κ3) is 5.76. The molecule has 0 rings (SSSR count). The van der Waals surface area contributed by atoms with E-state index in [2.05, 4.69) is 18.8 Å². The Labute approximate surface area is 63.0 Å². The highest BCUT2D eigenvalue weighted by atomic mass is 16.2. The van der Waals surface area contributed by atoms with Gasteiger partial charge in [0.2, 0.25) is 0 Å². The Morgan fingerprint density at radius 3 is 2.50 bits per heavy atom. The van der Waals surface area contributed by atoms with Gasteiger partial charge in [-0.15, -0.1) is 0 Å². The van der Waals surface area contributed by atoms with E-state index in [4.69, 9.17) is 5.11 Å². The molecule has 0 aliphatic carbocycles. The van der Waals surface area contributed by atoms with Crippen LogP contribution in [-0.4, -0.2) is 23.5 Å². The Kier molecular flexibility index (Phi) is 5.22. The second kappa shape index (κ2) is 5.42. The predicted molar refractivity (Wildman–Crippen MR) is 44.6 cm³/mol. The normalized spacial score (nSPS) is 12.7. The van der Waals surface area contributed by atoms with Gasteiger partial charge in [-0.1, -0.05) is 0 Å². The van der Waals surface area contributed by atoms with Crippen molar-refractivity contribution in [3.63, 3.8) is 0 Å². The molecule has 1 N–H and O–H groups in total. The Hall–Kier alpha value is -0.370. The molecule has 0 amide bonds. The number of hydrogen-bond donors (Lipinski definition) is 1. The standard InChI is InChI=1S/C8H17NO/c1-7(2)9-8(3)5-4-6-10/h7,10H,4-6H2,1-3H3. The molecule has 0 aromatic heterocycles. The van der Waals surface area contributed by atoms with Crippen LogP contribution in [0, 0.1) is 0 Å². The lowest BCUT2D eigenvalue weighted by Crippen LogP contribution is -1.99. The van der Waals surface area contributed by atoms with Gasteiger partial charge in [-0.05, 0) is 33.6 Å². The second-order valence-electron chi connectivity index (χ2n) is 2.79. The van der Waals surface area contributed by atoms with Crippen LogP contribution in [0.15, 0.2) is 4.99 Å². The van der Waals surface area contributed by atoms with E-state index in [1.807, 2.05) is 6.92 Å². The highest BCUT2D eigenvalue weighted by Gasteiger charge is 1.92. The fourth-order valence-corrected chi connectivity index (χ4v) is 0.840. The summed E-state index contributed by atoms with van der Waals surface area (Å²) >= 11 is 0. The fourth-order valence-electron chi connectivity index (χ4n) is 0.840. The minimum atomic E-state index is 0.269. The van der Waals surface area contributed by atoms with Gasteiger partial charge in [0.1, 0.15) is 0 Å². The fraction of sp³-hybridized carbons (Fsp3) is 0.875. The first-order valence-corrected chi connectivity index (χ1v) is 3.81. The van der Waals surface area contributed by atoms with Crippen LogP contribution in [0.1, 0.15) is 33.6 Å². The molecule has 0 spiro atoms. The van der Waals surface area contributed by atoms with Gasteiger partial charge < -0.3 is 5.11 Å². The first-order valence-electron chi connectivity index (χ1n) is 3.81. The van der Waals surface area contributed by atoms with Gasteiger partial charge in [0.05, 0.1) is 0 Å². The van der Waals surface area contributed by atoms with E-state index in [-0.39, 0.29) is 6.61 Å². The molecule has 0 bridgehead atoms. The van der Waals surface area contributed by atoms with Gasteiger partial charge in [0.25, 0.3) is 0 Å². The molecule has 0 aliphatic rings. The molecule has 60 valence electrons. The molecule has 2 nitrogen and oxygen atoms in total. The summed E-state index contributed by atoms with van der Waals surface area (Å²) in [7, 11) is 0. The summed E-state index contributed by atoms with van der Waals surface area (Å²) in [6.07, 6.45) is 1.76. The van der Waals surface area contributed by atoms with E-state index >= 15 is 0 Å². The summed E-state index contributed by atoms with van der Waals surface area (Å²) in [6, 6.07) is 0.388. The second-order valence-corrected chi connectivity index (χ2v) is 2.79. The van der Waals surface area contributed by atoms with E-state index in [0.29, 0.717) is 6.04 Å². The average molecular weight is 143 g/mol. The zero-order chi connectivity index (χ0) is 7.98. The van der Waals surface area contributed by atoms with E-state index < -0.39 is 0 Å². The third-order valence-corrected chi connectivity index (χ3v) is 1.18. The largest absolute Gasteiger partial charge is 0.396 e. The highest BCUT2D eigenvalue weighted by molar-refractivity contribution is 5.81. The van der Waals surface area contributed by atoms with Crippen molar-refractivity contribution in [1.29, 1.82) is 0 Å². The average Bonchev–Trinajstić information content (AvgIpc) is 1.82. The van der Waals surface area contributed by atoms with E-state index in [1.165, 1.54) is 0 Å². The van der Waals surface area contributed by atoms with Crippen LogP contribution in [0.3, 0.4) is 0 Å². The van der Waals surface area contributed by atoms with Crippen molar-refractivity contribution >= 4 is 5.71 Å². The molecular weight excluding hydrogens is 126 g/mol. The minimum absolute atomic E-state index is 0.269. The molecule has 0 heterocycles. The van der Waals surface area contributed by atoms with Gasteiger partial charge >= 0.3 is 0 Å². The molecule has 0 aromatic rings. The summed E-state index contributed by atoms with van der Waals surface area (Å²) in [5, 5.41) is 8.49. The smallest absolute Gasteiger partial charge is 0.0442 e. The van der Waals surface area contributed by atoms with Crippen molar-refractivity contribution in [1.82, 2.24) is 0 Å². The zero-order valence-corrected chi connectivity index (χ0v) is 7.09. The van der Waals surface area contributed by atoms with Crippen LogP contribution in [0.2, 0.25) is 0 Å². The van der Waals surface area contributed by atoms with E-state index in [0.717, 1.165) is 18.6 Å². The molecular formula is C8H17NO. The Morgan fingerprint density at radius 2 is 2.10 bits per heavy atom. The first-order chi connectivity index (χ1) is 4.66. The molecule has 0 aliphatic heterocycles. The summed E-state index contributed by atoms with van der Waals surface area (Å²) in [6.45, 7) is 6.39. The van der Waals surface area contributed by atoms with Crippen molar-refractivity contribution in [2.75, 3.05) is 6.61 Å². The van der Waals surface area contributed by atoms with E-state index in [9.17, 15) is 0 Å². The Balaban J connectivity index is 3.49. The third-order valence-electron chi connectivity index (χ3n) is 1.18. The van der Waals surface area contributed by atoms with Crippen LogP contribution in [0.4, 0.5) is 0 Å².